The number of fused-ring (bicyclic) bond motifs is 2. The fourth-order valence-corrected chi connectivity index (χ4v) is 3.91. The summed E-state index contributed by atoms with van der Waals surface area (Å²) in [5, 5.41) is 10.4. The number of benzene rings is 1. The molecule has 26 heavy (non-hydrogen) atoms. The minimum Gasteiger partial charge on any atom is -0.493 e. The SMILES string of the molecule is Cn1ncc2c1CCC[C@H]2NC(=O)N[C@@H]1CCCOc2ccc(F)cc21. The van der Waals surface area contributed by atoms with E-state index in [0.717, 1.165) is 31.2 Å². The van der Waals surface area contributed by atoms with Crippen molar-refractivity contribution >= 4 is 6.03 Å². The molecule has 1 aliphatic heterocycles. The average Bonchev–Trinajstić information content (AvgIpc) is 2.89. The third-order valence-corrected chi connectivity index (χ3v) is 5.23. The highest BCUT2D eigenvalue weighted by Gasteiger charge is 2.27. The fourth-order valence-electron chi connectivity index (χ4n) is 3.91. The molecule has 2 amide bonds. The van der Waals surface area contributed by atoms with Crippen LogP contribution in [-0.4, -0.2) is 22.4 Å². The molecule has 2 atom stereocenters. The van der Waals surface area contributed by atoms with Gasteiger partial charge in [0.1, 0.15) is 11.6 Å². The van der Waals surface area contributed by atoms with Crippen LogP contribution in [0.1, 0.15) is 54.6 Å². The molecule has 0 unspecified atom stereocenters. The van der Waals surface area contributed by atoms with Crippen molar-refractivity contribution in [1.82, 2.24) is 20.4 Å². The summed E-state index contributed by atoms with van der Waals surface area (Å²) in [5.41, 5.74) is 2.96. The van der Waals surface area contributed by atoms with E-state index in [1.165, 1.54) is 17.8 Å². The standard InChI is InChI=1S/C19H23FN4O2/c1-24-17-6-2-4-16(14(17)11-21-24)23-19(25)22-15-5-3-9-26-18-8-7-12(20)10-13(15)18/h7-8,10-11,15-16H,2-6,9H2,1H3,(H2,22,23,25)/t15-,16-/m1/s1. The van der Waals surface area contributed by atoms with Crippen molar-refractivity contribution in [2.75, 3.05) is 6.61 Å². The van der Waals surface area contributed by atoms with Crippen LogP contribution in [0.4, 0.5) is 9.18 Å². The van der Waals surface area contributed by atoms with E-state index >= 15 is 0 Å². The van der Waals surface area contributed by atoms with Crippen molar-refractivity contribution in [3.05, 3.63) is 47.0 Å². The smallest absolute Gasteiger partial charge is 0.315 e. The van der Waals surface area contributed by atoms with Gasteiger partial charge in [-0.15, -0.1) is 0 Å². The predicted molar refractivity (Wildman–Crippen MR) is 94.4 cm³/mol. The molecular weight excluding hydrogens is 335 g/mol. The first kappa shape index (κ1) is 16.9. The van der Waals surface area contributed by atoms with Crippen LogP contribution in [0.3, 0.4) is 0 Å². The van der Waals surface area contributed by atoms with Gasteiger partial charge in [-0.3, -0.25) is 4.68 Å². The zero-order chi connectivity index (χ0) is 18.1. The highest BCUT2D eigenvalue weighted by atomic mass is 19.1. The number of hydrogen-bond acceptors (Lipinski definition) is 3. The Hall–Kier alpha value is -2.57. The van der Waals surface area contributed by atoms with E-state index in [1.807, 2.05) is 17.9 Å². The Morgan fingerprint density at radius 1 is 1.23 bits per heavy atom. The second kappa shape index (κ2) is 6.97. The van der Waals surface area contributed by atoms with Gasteiger partial charge in [0.2, 0.25) is 0 Å². The summed E-state index contributed by atoms with van der Waals surface area (Å²) in [4.78, 5) is 12.6. The van der Waals surface area contributed by atoms with Gasteiger partial charge in [-0.2, -0.15) is 5.10 Å². The third kappa shape index (κ3) is 3.25. The van der Waals surface area contributed by atoms with Gasteiger partial charge in [-0.25, -0.2) is 9.18 Å². The number of aromatic nitrogens is 2. The van der Waals surface area contributed by atoms with Crippen LogP contribution < -0.4 is 15.4 Å². The van der Waals surface area contributed by atoms with Crippen LogP contribution in [-0.2, 0) is 13.5 Å². The Bertz CT molecular complexity index is 820. The Kier molecular flexibility index (Phi) is 4.53. The van der Waals surface area contributed by atoms with Crippen molar-refractivity contribution in [2.45, 2.75) is 44.2 Å². The molecule has 0 radical (unpaired) electrons. The molecule has 0 spiro atoms. The van der Waals surface area contributed by atoms with E-state index in [4.69, 9.17) is 4.74 Å². The van der Waals surface area contributed by atoms with Crippen LogP contribution in [0.15, 0.2) is 24.4 Å². The van der Waals surface area contributed by atoms with Crippen LogP contribution >= 0.6 is 0 Å². The molecule has 2 aliphatic rings. The van der Waals surface area contributed by atoms with E-state index in [0.29, 0.717) is 24.3 Å². The number of nitrogens with one attached hydrogen (secondary N) is 2. The Balaban J connectivity index is 1.48. The summed E-state index contributed by atoms with van der Waals surface area (Å²) in [7, 11) is 1.93. The maximum Gasteiger partial charge on any atom is 0.315 e. The van der Waals surface area contributed by atoms with Crippen molar-refractivity contribution in [3.8, 4) is 5.75 Å². The lowest BCUT2D eigenvalue weighted by Gasteiger charge is -2.25. The molecular formula is C19H23FN4O2. The highest BCUT2D eigenvalue weighted by molar-refractivity contribution is 5.75. The van der Waals surface area contributed by atoms with Crippen LogP contribution in [0.2, 0.25) is 0 Å². The van der Waals surface area contributed by atoms with Gasteiger partial charge in [0.15, 0.2) is 0 Å². The number of ether oxygens (including phenoxy) is 1. The van der Waals surface area contributed by atoms with Crippen LogP contribution in [0.5, 0.6) is 5.75 Å². The molecule has 0 saturated carbocycles. The normalized spacial score (nSPS) is 21.8. The number of nitrogens with zero attached hydrogens (tertiary/aromatic N) is 2. The largest absolute Gasteiger partial charge is 0.493 e. The third-order valence-electron chi connectivity index (χ3n) is 5.23. The molecule has 2 N–H and O–H groups in total. The van der Waals surface area contributed by atoms with Gasteiger partial charge in [0.05, 0.1) is 24.9 Å². The predicted octanol–water partition coefficient (Wildman–Crippen LogP) is 3.15. The van der Waals surface area contributed by atoms with Gasteiger partial charge < -0.3 is 15.4 Å². The molecule has 7 heteroatoms. The van der Waals surface area contributed by atoms with Crippen LogP contribution in [0.25, 0.3) is 0 Å². The topological polar surface area (TPSA) is 68.2 Å². The second-order valence-corrected chi connectivity index (χ2v) is 6.96. The van der Waals surface area contributed by atoms with Gasteiger partial charge in [0.25, 0.3) is 0 Å². The molecule has 1 aliphatic carbocycles. The minimum atomic E-state index is -0.325. The van der Waals surface area contributed by atoms with Crippen molar-refractivity contribution in [2.24, 2.45) is 7.05 Å². The van der Waals surface area contributed by atoms with Crippen molar-refractivity contribution in [1.29, 1.82) is 0 Å². The van der Waals surface area contributed by atoms with E-state index in [-0.39, 0.29) is 23.9 Å². The molecule has 0 fully saturated rings. The monoisotopic (exact) mass is 358 g/mol. The molecule has 6 nitrogen and oxygen atoms in total. The lowest BCUT2D eigenvalue weighted by molar-refractivity contribution is 0.230. The first-order valence-electron chi connectivity index (χ1n) is 9.12. The lowest BCUT2D eigenvalue weighted by atomic mass is 9.93. The van der Waals surface area contributed by atoms with E-state index < -0.39 is 0 Å². The Labute approximate surface area is 151 Å². The number of halogens is 1. The lowest BCUT2D eigenvalue weighted by Crippen LogP contribution is -2.40. The number of rotatable bonds is 2. The molecule has 4 rings (SSSR count). The van der Waals surface area contributed by atoms with Gasteiger partial charge in [-0.05, 0) is 50.3 Å². The number of urea groups is 1. The first-order valence-corrected chi connectivity index (χ1v) is 9.12. The molecule has 1 aromatic carbocycles. The summed E-state index contributed by atoms with van der Waals surface area (Å²) in [6, 6.07) is 3.92. The first-order chi connectivity index (χ1) is 12.6. The van der Waals surface area contributed by atoms with Crippen molar-refractivity contribution in [3.63, 3.8) is 0 Å². The highest BCUT2D eigenvalue weighted by Crippen LogP contribution is 2.33. The summed E-state index contributed by atoms with van der Waals surface area (Å²) in [6.07, 6.45) is 6.25. The average molecular weight is 358 g/mol. The molecule has 138 valence electrons. The molecule has 0 bridgehead atoms. The summed E-state index contributed by atoms with van der Waals surface area (Å²) >= 11 is 0. The second-order valence-electron chi connectivity index (χ2n) is 6.96. The fraction of sp³-hybridized carbons (Fsp3) is 0.474. The number of hydrogen-bond donors (Lipinski definition) is 2. The van der Waals surface area contributed by atoms with Gasteiger partial charge in [-0.1, -0.05) is 0 Å². The van der Waals surface area contributed by atoms with Gasteiger partial charge in [0, 0.05) is 23.9 Å². The molecule has 1 aromatic heterocycles. The maximum absolute atomic E-state index is 13.7. The maximum atomic E-state index is 13.7. The zero-order valence-corrected chi connectivity index (χ0v) is 14.8. The van der Waals surface area contributed by atoms with E-state index in [9.17, 15) is 9.18 Å². The van der Waals surface area contributed by atoms with Crippen molar-refractivity contribution < 1.29 is 13.9 Å². The number of amides is 2. The number of carbonyl (C=O) groups is 1. The summed E-state index contributed by atoms with van der Waals surface area (Å²) in [6.45, 7) is 0.570. The Morgan fingerprint density at radius 3 is 2.85 bits per heavy atom. The van der Waals surface area contributed by atoms with E-state index in [1.54, 1.807) is 6.07 Å². The quantitative estimate of drug-likeness (QED) is 0.867. The Morgan fingerprint density at radius 2 is 2.00 bits per heavy atom. The number of aryl methyl sites for hydroxylation is 1. The summed E-state index contributed by atoms with van der Waals surface area (Å²) in [5.74, 6) is 0.315. The summed E-state index contributed by atoms with van der Waals surface area (Å²) < 4.78 is 21.2. The number of carbonyl (C=O) groups excluding carboxylic acids is 1. The molecule has 2 aromatic rings. The molecule has 2 heterocycles. The van der Waals surface area contributed by atoms with Gasteiger partial charge >= 0.3 is 6.03 Å². The zero-order valence-electron chi connectivity index (χ0n) is 14.8. The minimum absolute atomic E-state index is 0.0403. The van der Waals surface area contributed by atoms with E-state index in [2.05, 4.69) is 15.7 Å². The molecule has 0 saturated heterocycles. The van der Waals surface area contributed by atoms with Crippen LogP contribution in [0, 0.1) is 5.82 Å².